The first-order valence-electron chi connectivity index (χ1n) is 5.81. The van der Waals surface area contributed by atoms with E-state index in [9.17, 15) is 4.39 Å². The van der Waals surface area contributed by atoms with E-state index in [1.165, 1.54) is 12.1 Å². The Bertz CT molecular complexity index is 359. The van der Waals surface area contributed by atoms with Crippen LogP contribution in [0, 0.1) is 5.82 Å². The molecule has 0 aliphatic carbocycles. The minimum absolute atomic E-state index is 0.0687. The maximum atomic E-state index is 13.3. The summed E-state index contributed by atoms with van der Waals surface area (Å²) < 4.78 is 18.6. The number of hydrogen-bond acceptors (Lipinski definition) is 2. The molecule has 0 heterocycles. The van der Waals surface area contributed by atoms with Gasteiger partial charge in [-0.1, -0.05) is 18.5 Å². The zero-order valence-electron chi connectivity index (χ0n) is 10.5. The molecule has 17 heavy (non-hydrogen) atoms. The molecule has 0 bridgehead atoms. The molecule has 0 saturated heterocycles. The normalized spacial score (nSPS) is 14.6. The first-order valence-corrected chi connectivity index (χ1v) is 6.19. The van der Waals surface area contributed by atoms with Crippen LogP contribution < -0.4 is 5.32 Å². The van der Waals surface area contributed by atoms with Crippen molar-refractivity contribution in [2.24, 2.45) is 0 Å². The molecule has 0 aromatic heterocycles. The quantitative estimate of drug-likeness (QED) is 0.844. The maximum Gasteiger partial charge on any atom is 0.123 e. The van der Waals surface area contributed by atoms with E-state index < -0.39 is 0 Å². The fourth-order valence-corrected chi connectivity index (χ4v) is 1.95. The van der Waals surface area contributed by atoms with Crippen LogP contribution in [0.2, 0.25) is 5.02 Å². The van der Waals surface area contributed by atoms with Gasteiger partial charge in [-0.05, 0) is 43.7 Å². The molecule has 2 unspecified atom stereocenters. The molecule has 0 saturated carbocycles. The zero-order valence-corrected chi connectivity index (χ0v) is 11.2. The van der Waals surface area contributed by atoms with E-state index in [1.54, 1.807) is 13.2 Å². The van der Waals surface area contributed by atoms with Crippen molar-refractivity contribution in [1.82, 2.24) is 5.32 Å². The summed E-state index contributed by atoms with van der Waals surface area (Å²) in [5, 5.41) is 3.89. The lowest BCUT2D eigenvalue weighted by Gasteiger charge is -2.25. The lowest BCUT2D eigenvalue weighted by Crippen LogP contribution is -2.32. The van der Waals surface area contributed by atoms with Gasteiger partial charge in [0.25, 0.3) is 0 Å². The van der Waals surface area contributed by atoms with E-state index >= 15 is 0 Å². The van der Waals surface area contributed by atoms with E-state index in [0.29, 0.717) is 5.02 Å². The summed E-state index contributed by atoms with van der Waals surface area (Å²) in [7, 11) is 1.64. The molecule has 1 aromatic rings. The summed E-state index contributed by atoms with van der Waals surface area (Å²) in [6, 6.07) is 4.31. The largest absolute Gasteiger partial charge is 0.380 e. The Morgan fingerprint density at radius 3 is 2.76 bits per heavy atom. The zero-order chi connectivity index (χ0) is 12.8. The molecule has 2 atom stereocenters. The SMILES string of the molecule is CCCNC(c1cc(F)ccc1Cl)C(C)OC. The number of halogens is 2. The fraction of sp³-hybridized carbons (Fsp3) is 0.538. The monoisotopic (exact) mass is 259 g/mol. The van der Waals surface area contributed by atoms with Crippen molar-refractivity contribution in [2.75, 3.05) is 13.7 Å². The number of benzene rings is 1. The van der Waals surface area contributed by atoms with E-state index in [2.05, 4.69) is 12.2 Å². The van der Waals surface area contributed by atoms with Crippen molar-refractivity contribution in [1.29, 1.82) is 0 Å². The van der Waals surface area contributed by atoms with Crippen LogP contribution in [0.15, 0.2) is 18.2 Å². The van der Waals surface area contributed by atoms with Crippen LogP contribution in [-0.4, -0.2) is 19.8 Å². The molecule has 0 fully saturated rings. The molecule has 1 N–H and O–H groups in total. The fourth-order valence-electron chi connectivity index (χ4n) is 1.72. The number of rotatable bonds is 6. The van der Waals surface area contributed by atoms with Crippen LogP contribution in [-0.2, 0) is 4.74 Å². The van der Waals surface area contributed by atoms with Crippen LogP contribution in [0.3, 0.4) is 0 Å². The van der Waals surface area contributed by atoms with Gasteiger partial charge in [0.2, 0.25) is 0 Å². The lowest BCUT2D eigenvalue weighted by molar-refractivity contribution is 0.0829. The molecule has 4 heteroatoms. The molecule has 0 aliphatic rings. The van der Waals surface area contributed by atoms with Gasteiger partial charge in [-0.15, -0.1) is 0 Å². The Labute approximate surface area is 107 Å². The predicted octanol–water partition coefficient (Wildman–Crippen LogP) is 3.55. The Kier molecular flexibility index (Phi) is 5.89. The summed E-state index contributed by atoms with van der Waals surface area (Å²) in [6.45, 7) is 4.86. The highest BCUT2D eigenvalue weighted by atomic mass is 35.5. The molecule has 1 rings (SSSR count). The number of methoxy groups -OCH3 is 1. The average molecular weight is 260 g/mol. The molecule has 0 aliphatic heterocycles. The first kappa shape index (κ1) is 14.4. The average Bonchev–Trinajstić information content (AvgIpc) is 2.33. The second-order valence-electron chi connectivity index (χ2n) is 4.04. The van der Waals surface area contributed by atoms with E-state index in [0.717, 1.165) is 18.5 Å². The van der Waals surface area contributed by atoms with Gasteiger partial charge in [0.15, 0.2) is 0 Å². The van der Waals surface area contributed by atoms with Gasteiger partial charge in [-0.3, -0.25) is 0 Å². The minimum Gasteiger partial charge on any atom is -0.380 e. The highest BCUT2D eigenvalue weighted by Gasteiger charge is 2.21. The van der Waals surface area contributed by atoms with Gasteiger partial charge < -0.3 is 10.1 Å². The predicted molar refractivity (Wildman–Crippen MR) is 68.9 cm³/mol. The number of nitrogens with one attached hydrogen (secondary N) is 1. The Morgan fingerprint density at radius 2 is 2.18 bits per heavy atom. The van der Waals surface area contributed by atoms with Crippen LogP contribution in [0.5, 0.6) is 0 Å². The smallest absolute Gasteiger partial charge is 0.123 e. The second-order valence-corrected chi connectivity index (χ2v) is 4.45. The number of ether oxygens (including phenoxy) is 1. The van der Waals surface area contributed by atoms with Crippen molar-refractivity contribution in [2.45, 2.75) is 32.4 Å². The van der Waals surface area contributed by atoms with Crippen molar-refractivity contribution in [3.05, 3.63) is 34.6 Å². The molecule has 0 amide bonds. The maximum absolute atomic E-state index is 13.3. The highest BCUT2D eigenvalue weighted by molar-refractivity contribution is 6.31. The van der Waals surface area contributed by atoms with Gasteiger partial charge in [0, 0.05) is 12.1 Å². The molecular weight excluding hydrogens is 241 g/mol. The summed E-state index contributed by atoms with van der Waals surface area (Å²) in [6.07, 6.45) is 0.931. The van der Waals surface area contributed by atoms with Gasteiger partial charge in [-0.2, -0.15) is 0 Å². The number of hydrogen-bond donors (Lipinski definition) is 1. The van der Waals surface area contributed by atoms with E-state index in [-0.39, 0.29) is 18.0 Å². The molecule has 2 nitrogen and oxygen atoms in total. The first-order chi connectivity index (χ1) is 8.10. The van der Waals surface area contributed by atoms with Crippen molar-refractivity contribution in [3.8, 4) is 0 Å². The molecule has 96 valence electrons. The van der Waals surface area contributed by atoms with Crippen LogP contribution in [0.25, 0.3) is 0 Å². The minimum atomic E-state index is -0.281. The molecule has 0 radical (unpaired) electrons. The van der Waals surface area contributed by atoms with Crippen LogP contribution in [0.1, 0.15) is 31.9 Å². The van der Waals surface area contributed by atoms with Crippen molar-refractivity contribution >= 4 is 11.6 Å². The third-order valence-electron chi connectivity index (χ3n) is 2.75. The van der Waals surface area contributed by atoms with Gasteiger partial charge in [0.1, 0.15) is 5.82 Å². The summed E-state index contributed by atoms with van der Waals surface area (Å²) in [5.74, 6) is -0.281. The molecular formula is C13H19ClFNO. The molecule has 0 spiro atoms. The van der Waals surface area contributed by atoms with Crippen molar-refractivity contribution < 1.29 is 9.13 Å². The van der Waals surface area contributed by atoms with Crippen molar-refractivity contribution in [3.63, 3.8) is 0 Å². The third kappa shape index (κ3) is 3.95. The van der Waals surface area contributed by atoms with Crippen LogP contribution >= 0.6 is 11.6 Å². The summed E-state index contributed by atoms with van der Waals surface area (Å²) in [5.41, 5.74) is 0.745. The Morgan fingerprint density at radius 1 is 1.47 bits per heavy atom. The second kappa shape index (κ2) is 6.94. The van der Waals surface area contributed by atoms with Gasteiger partial charge >= 0.3 is 0 Å². The lowest BCUT2D eigenvalue weighted by atomic mass is 10.0. The summed E-state index contributed by atoms with van der Waals surface area (Å²) in [4.78, 5) is 0. The summed E-state index contributed by atoms with van der Waals surface area (Å²) >= 11 is 6.11. The Hall–Kier alpha value is -0.640. The standard InChI is InChI=1S/C13H19ClFNO/c1-4-7-16-13(9(2)17-3)11-8-10(15)5-6-12(11)14/h5-6,8-9,13,16H,4,7H2,1-3H3. The van der Waals surface area contributed by atoms with E-state index in [1.807, 2.05) is 6.92 Å². The Balaban J connectivity index is 2.98. The topological polar surface area (TPSA) is 21.3 Å². The highest BCUT2D eigenvalue weighted by Crippen LogP contribution is 2.27. The molecule has 1 aromatic carbocycles. The van der Waals surface area contributed by atoms with E-state index in [4.69, 9.17) is 16.3 Å². The van der Waals surface area contributed by atoms with Crippen LogP contribution in [0.4, 0.5) is 4.39 Å². The van der Waals surface area contributed by atoms with Gasteiger partial charge in [0.05, 0.1) is 12.1 Å². The third-order valence-corrected chi connectivity index (χ3v) is 3.09. The van der Waals surface area contributed by atoms with Gasteiger partial charge in [-0.25, -0.2) is 4.39 Å².